The van der Waals surface area contributed by atoms with E-state index in [1.165, 1.54) is 58.4 Å². The third-order valence-electron chi connectivity index (χ3n) is 4.34. The minimum absolute atomic E-state index is 0.975. The van der Waals surface area contributed by atoms with Crippen LogP contribution in [0.5, 0.6) is 0 Å². The van der Waals surface area contributed by atoms with Gasteiger partial charge in [-0.1, -0.05) is 12.8 Å². The third-order valence-corrected chi connectivity index (χ3v) is 4.34. The SMILES string of the molecule is C1CC1CCN1CCC2CNCC2C1. The number of hydrogen-bond donors (Lipinski definition) is 1. The molecule has 1 N–H and O–H groups in total. The molecule has 1 saturated carbocycles. The molecule has 0 spiro atoms. The Kier molecular flexibility index (Phi) is 2.50. The molecule has 3 fully saturated rings. The van der Waals surface area contributed by atoms with Crippen LogP contribution in [0.4, 0.5) is 0 Å². The van der Waals surface area contributed by atoms with E-state index in [4.69, 9.17) is 0 Å². The van der Waals surface area contributed by atoms with Gasteiger partial charge in [0.05, 0.1) is 0 Å². The monoisotopic (exact) mass is 194 g/mol. The van der Waals surface area contributed by atoms with E-state index in [1.807, 2.05) is 0 Å². The van der Waals surface area contributed by atoms with Crippen LogP contribution in [0.25, 0.3) is 0 Å². The molecule has 80 valence electrons. The molecule has 14 heavy (non-hydrogen) atoms. The first-order chi connectivity index (χ1) is 6.92. The van der Waals surface area contributed by atoms with Crippen LogP contribution in [-0.2, 0) is 0 Å². The molecule has 3 rings (SSSR count). The summed E-state index contributed by atoms with van der Waals surface area (Å²) in [6.07, 6.45) is 5.95. The number of fused-ring (bicyclic) bond motifs is 1. The van der Waals surface area contributed by atoms with Gasteiger partial charge < -0.3 is 10.2 Å². The largest absolute Gasteiger partial charge is 0.316 e. The van der Waals surface area contributed by atoms with Gasteiger partial charge in [0.1, 0.15) is 0 Å². The smallest absolute Gasteiger partial charge is 0.00249 e. The van der Waals surface area contributed by atoms with Gasteiger partial charge in [-0.05, 0) is 56.8 Å². The molecule has 0 amide bonds. The van der Waals surface area contributed by atoms with E-state index in [2.05, 4.69) is 10.2 Å². The van der Waals surface area contributed by atoms with Crippen LogP contribution in [0.3, 0.4) is 0 Å². The fraction of sp³-hybridized carbons (Fsp3) is 1.00. The Morgan fingerprint density at radius 2 is 1.93 bits per heavy atom. The Hall–Kier alpha value is -0.0800. The second-order valence-corrected chi connectivity index (χ2v) is 5.50. The highest BCUT2D eigenvalue weighted by atomic mass is 15.1. The van der Waals surface area contributed by atoms with Crippen LogP contribution in [-0.4, -0.2) is 37.6 Å². The number of nitrogens with one attached hydrogen (secondary N) is 1. The first-order valence-corrected chi connectivity index (χ1v) is 6.35. The molecular weight excluding hydrogens is 172 g/mol. The lowest BCUT2D eigenvalue weighted by molar-refractivity contribution is 0.145. The maximum Gasteiger partial charge on any atom is 0.00249 e. The van der Waals surface area contributed by atoms with Gasteiger partial charge >= 0.3 is 0 Å². The molecule has 1 aliphatic carbocycles. The van der Waals surface area contributed by atoms with Crippen molar-refractivity contribution in [1.82, 2.24) is 10.2 Å². The molecule has 0 aromatic heterocycles. The summed E-state index contributed by atoms with van der Waals surface area (Å²) in [5.41, 5.74) is 0. The zero-order valence-electron chi connectivity index (χ0n) is 9.04. The van der Waals surface area contributed by atoms with Gasteiger partial charge in [-0.2, -0.15) is 0 Å². The van der Waals surface area contributed by atoms with Gasteiger partial charge in [0, 0.05) is 6.54 Å². The van der Waals surface area contributed by atoms with E-state index < -0.39 is 0 Å². The molecule has 2 heteroatoms. The maximum atomic E-state index is 3.54. The average molecular weight is 194 g/mol. The standard InChI is InChI=1S/C12H22N2/c1-2-10(1)3-5-14-6-4-11-7-13-8-12(11)9-14/h10-13H,1-9H2. The lowest BCUT2D eigenvalue weighted by atomic mass is 9.88. The lowest BCUT2D eigenvalue weighted by Crippen LogP contribution is -2.40. The lowest BCUT2D eigenvalue weighted by Gasteiger charge is -2.34. The third kappa shape index (κ3) is 1.96. The van der Waals surface area contributed by atoms with Crippen LogP contribution in [0.2, 0.25) is 0 Å². The van der Waals surface area contributed by atoms with Crippen molar-refractivity contribution < 1.29 is 0 Å². The van der Waals surface area contributed by atoms with Crippen LogP contribution in [0.15, 0.2) is 0 Å². The topological polar surface area (TPSA) is 15.3 Å². The molecule has 0 aromatic rings. The van der Waals surface area contributed by atoms with Crippen LogP contribution >= 0.6 is 0 Å². The Bertz CT molecular complexity index is 200. The van der Waals surface area contributed by atoms with Gasteiger partial charge in [-0.25, -0.2) is 0 Å². The second-order valence-electron chi connectivity index (χ2n) is 5.50. The van der Waals surface area contributed by atoms with Gasteiger partial charge in [0.15, 0.2) is 0 Å². The highest BCUT2D eigenvalue weighted by Crippen LogP contribution is 2.33. The predicted molar refractivity (Wildman–Crippen MR) is 58.2 cm³/mol. The van der Waals surface area contributed by atoms with Crippen molar-refractivity contribution >= 4 is 0 Å². The zero-order valence-corrected chi connectivity index (χ0v) is 9.04. The summed E-state index contributed by atoms with van der Waals surface area (Å²) >= 11 is 0. The van der Waals surface area contributed by atoms with Gasteiger partial charge in [-0.15, -0.1) is 0 Å². The highest BCUT2D eigenvalue weighted by Gasteiger charge is 2.33. The summed E-state index contributed by atoms with van der Waals surface area (Å²) in [6.45, 7) is 6.71. The molecule has 2 aliphatic heterocycles. The van der Waals surface area contributed by atoms with E-state index in [9.17, 15) is 0 Å². The van der Waals surface area contributed by atoms with Gasteiger partial charge in [0.25, 0.3) is 0 Å². The van der Waals surface area contributed by atoms with E-state index in [0.29, 0.717) is 0 Å². The predicted octanol–water partition coefficient (Wildman–Crippen LogP) is 1.33. The first kappa shape index (κ1) is 9.17. The van der Waals surface area contributed by atoms with Crippen molar-refractivity contribution in [2.75, 3.05) is 32.7 Å². The average Bonchev–Trinajstić information content (AvgIpc) is 2.92. The number of likely N-dealkylation sites (tertiary alicyclic amines) is 1. The second kappa shape index (κ2) is 3.82. The van der Waals surface area contributed by atoms with E-state index in [-0.39, 0.29) is 0 Å². The van der Waals surface area contributed by atoms with Crippen molar-refractivity contribution in [3.8, 4) is 0 Å². The van der Waals surface area contributed by atoms with Crippen molar-refractivity contribution in [2.24, 2.45) is 17.8 Å². The Morgan fingerprint density at radius 1 is 1.07 bits per heavy atom. The molecule has 2 nitrogen and oxygen atoms in total. The number of nitrogens with zero attached hydrogens (tertiary/aromatic N) is 1. The Labute approximate surface area is 87.0 Å². The molecule has 2 unspecified atom stereocenters. The first-order valence-electron chi connectivity index (χ1n) is 6.35. The summed E-state index contributed by atoms with van der Waals surface area (Å²) in [7, 11) is 0. The number of hydrogen-bond acceptors (Lipinski definition) is 2. The quantitative estimate of drug-likeness (QED) is 0.729. The zero-order chi connectivity index (χ0) is 9.38. The fourth-order valence-corrected chi connectivity index (χ4v) is 3.08. The Balaban J connectivity index is 1.46. The fourth-order valence-electron chi connectivity index (χ4n) is 3.08. The molecule has 2 heterocycles. The molecule has 0 aromatic carbocycles. The van der Waals surface area contributed by atoms with Crippen molar-refractivity contribution in [1.29, 1.82) is 0 Å². The summed E-state index contributed by atoms with van der Waals surface area (Å²) in [4.78, 5) is 2.71. The van der Waals surface area contributed by atoms with Gasteiger partial charge in [0.2, 0.25) is 0 Å². The van der Waals surface area contributed by atoms with E-state index in [1.54, 1.807) is 0 Å². The van der Waals surface area contributed by atoms with E-state index in [0.717, 1.165) is 17.8 Å². The van der Waals surface area contributed by atoms with Crippen molar-refractivity contribution in [2.45, 2.75) is 25.7 Å². The Morgan fingerprint density at radius 3 is 2.79 bits per heavy atom. The summed E-state index contributed by atoms with van der Waals surface area (Å²) < 4.78 is 0. The van der Waals surface area contributed by atoms with Crippen LogP contribution in [0.1, 0.15) is 25.7 Å². The number of piperidine rings is 1. The molecule has 0 bridgehead atoms. The highest BCUT2D eigenvalue weighted by molar-refractivity contribution is 4.88. The summed E-state index contributed by atoms with van der Waals surface area (Å²) in [5, 5.41) is 3.54. The minimum atomic E-state index is 0.975. The van der Waals surface area contributed by atoms with Crippen LogP contribution in [0, 0.1) is 17.8 Å². The maximum absolute atomic E-state index is 3.54. The van der Waals surface area contributed by atoms with E-state index >= 15 is 0 Å². The van der Waals surface area contributed by atoms with Gasteiger partial charge in [-0.3, -0.25) is 0 Å². The van der Waals surface area contributed by atoms with Crippen molar-refractivity contribution in [3.05, 3.63) is 0 Å². The molecule has 0 radical (unpaired) electrons. The number of rotatable bonds is 3. The van der Waals surface area contributed by atoms with Crippen LogP contribution < -0.4 is 5.32 Å². The summed E-state index contributed by atoms with van der Waals surface area (Å²) in [5.74, 6) is 3.09. The molecule has 3 aliphatic rings. The molecular formula is C12H22N2. The molecule has 2 atom stereocenters. The molecule has 2 saturated heterocycles. The summed E-state index contributed by atoms with van der Waals surface area (Å²) in [6, 6.07) is 0. The minimum Gasteiger partial charge on any atom is -0.316 e. The normalized spacial score (nSPS) is 38.6. The van der Waals surface area contributed by atoms with Crippen molar-refractivity contribution in [3.63, 3.8) is 0 Å².